The van der Waals surface area contributed by atoms with Crippen molar-refractivity contribution < 1.29 is 4.74 Å². The van der Waals surface area contributed by atoms with Crippen LogP contribution in [0.25, 0.3) is 10.8 Å². The standard InChI is InChI=1S/C15H12N2O/c1-2-7-18-15-13-6-4-3-5-11(13)8-12(9-16)14(15)10-17/h3-6,8H,2,7H2,1H3. The maximum absolute atomic E-state index is 9.21. The largest absolute Gasteiger partial charge is 0.492 e. The van der Waals surface area contributed by atoms with Gasteiger partial charge in [0.15, 0.2) is 0 Å². The first-order valence-corrected chi connectivity index (χ1v) is 5.80. The zero-order valence-electron chi connectivity index (χ0n) is 10.1. The van der Waals surface area contributed by atoms with Crippen LogP contribution in [0.4, 0.5) is 0 Å². The number of ether oxygens (including phenoxy) is 1. The molecule has 0 aliphatic carbocycles. The van der Waals surface area contributed by atoms with Gasteiger partial charge < -0.3 is 4.74 Å². The van der Waals surface area contributed by atoms with Crippen molar-refractivity contribution in [2.24, 2.45) is 0 Å². The third kappa shape index (κ3) is 1.99. The molecule has 0 aliphatic rings. The van der Waals surface area contributed by atoms with Crippen LogP contribution in [-0.2, 0) is 0 Å². The molecule has 0 unspecified atom stereocenters. The number of fused-ring (bicyclic) bond motifs is 1. The number of hydrogen-bond donors (Lipinski definition) is 0. The van der Waals surface area contributed by atoms with Gasteiger partial charge in [0.1, 0.15) is 23.5 Å². The molecule has 0 saturated heterocycles. The number of nitrogens with zero attached hydrogens (tertiary/aromatic N) is 2. The van der Waals surface area contributed by atoms with E-state index in [4.69, 9.17) is 10.00 Å². The molecule has 2 aromatic rings. The first-order valence-electron chi connectivity index (χ1n) is 5.80. The second-order valence-corrected chi connectivity index (χ2v) is 3.92. The molecule has 0 aliphatic heterocycles. The Morgan fingerprint density at radius 2 is 1.94 bits per heavy atom. The molecule has 0 aromatic heterocycles. The molecule has 18 heavy (non-hydrogen) atoms. The van der Waals surface area contributed by atoms with Gasteiger partial charge in [-0.3, -0.25) is 0 Å². The molecule has 0 N–H and O–H groups in total. The van der Waals surface area contributed by atoms with Crippen molar-refractivity contribution in [2.45, 2.75) is 13.3 Å². The monoisotopic (exact) mass is 236 g/mol. The highest BCUT2D eigenvalue weighted by molar-refractivity contribution is 5.92. The molecule has 0 heterocycles. The van der Waals surface area contributed by atoms with Crippen LogP contribution < -0.4 is 4.74 Å². The van der Waals surface area contributed by atoms with Gasteiger partial charge in [-0.25, -0.2) is 0 Å². The lowest BCUT2D eigenvalue weighted by atomic mass is 10.0. The van der Waals surface area contributed by atoms with Crippen molar-refractivity contribution in [2.75, 3.05) is 6.61 Å². The van der Waals surface area contributed by atoms with Gasteiger partial charge in [-0.05, 0) is 17.9 Å². The second kappa shape index (κ2) is 5.21. The predicted octanol–water partition coefficient (Wildman–Crippen LogP) is 3.37. The molecule has 0 saturated carbocycles. The maximum atomic E-state index is 9.21. The molecule has 0 atom stereocenters. The van der Waals surface area contributed by atoms with E-state index in [0.29, 0.717) is 23.5 Å². The lowest BCUT2D eigenvalue weighted by molar-refractivity contribution is 0.320. The molecule has 3 nitrogen and oxygen atoms in total. The Kier molecular flexibility index (Phi) is 3.46. The third-order valence-corrected chi connectivity index (χ3v) is 2.68. The Labute approximate surface area is 106 Å². The van der Waals surface area contributed by atoms with E-state index in [1.165, 1.54) is 0 Å². The van der Waals surface area contributed by atoms with Crippen LogP contribution >= 0.6 is 0 Å². The van der Waals surface area contributed by atoms with E-state index in [9.17, 15) is 5.26 Å². The van der Waals surface area contributed by atoms with Crippen LogP contribution in [0.3, 0.4) is 0 Å². The first-order chi connectivity index (χ1) is 8.81. The Hall–Kier alpha value is -2.52. The summed E-state index contributed by atoms with van der Waals surface area (Å²) < 4.78 is 5.66. The number of hydrogen-bond acceptors (Lipinski definition) is 3. The van der Waals surface area contributed by atoms with Crippen molar-refractivity contribution in [1.29, 1.82) is 10.5 Å². The zero-order valence-corrected chi connectivity index (χ0v) is 10.1. The van der Waals surface area contributed by atoms with Crippen molar-refractivity contribution in [3.63, 3.8) is 0 Å². The summed E-state index contributed by atoms with van der Waals surface area (Å²) in [6, 6.07) is 13.5. The van der Waals surface area contributed by atoms with E-state index in [1.54, 1.807) is 6.07 Å². The van der Waals surface area contributed by atoms with Gasteiger partial charge in [-0.2, -0.15) is 10.5 Å². The van der Waals surface area contributed by atoms with Crippen molar-refractivity contribution in [3.8, 4) is 17.9 Å². The number of nitriles is 2. The summed E-state index contributed by atoms with van der Waals surface area (Å²) in [5, 5.41) is 20.1. The van der Waals surface area contributed by atoms with E-state index in [2.05, 4.69) is 12.1 Å². The second-order valence-electron chi connectivity index (χ2n) is 3.92. The van der Waals surface area contributed by atoms with E-state index in [1.807, 2.05) is 31.2 Å². The smallest absolute Gasteiger partial charge is 0.146 e. The minimum absolute atomic E-state index is 0.324. The van der Waals surface area contributed by atoms with Gasteiger partial charge in [-0.1, -0.05) is 31.2 Å². The fraction of sp³-hybridized carbons (Fsp3) is 0.200. The summed E-state index contributed by atoms with van der Waals surface area (Å²) in [5.41, 5.74) is 0.687. The third-order valence-electron chi connectivity index (χ3n) is 2.68. The summed E-state index contributed by atoms with van der Waals surface area (Å²) in [6.07, 6.45) is 0.857. The van der Waals surface area contributed by atoms with Gasteiger partial charge in [-0.15, -0.1) is 0 Å². The SMILES string of the molecule is CCCOc1c(C#N)c(C#N)cc2ccccc12. The van der Waals surface area contributed by atoms with E-state index in [-0.39, 0.29) is 0 Å². The van der Waals surface area contributed by atoms with Crippen LogP contribution in [0, 0.1) is 22.7 Å². The van der Waals surface area contributed by atoms with E-state index >= 15 is 0 Å². The van der Waals surface area contributed by atoms with Crippen LogP contribution in [0.15, 0.2) is 30.3 Å². The Balaban J connectivity index is 2.76. The summed E-state index contributed by atoms with van der Waals surface area (Å²) in [6.45, 7) is 2.54. The van der Waals surface area contributed by atoms with Crippen molar-refractivity contribution in [1.82, 2.24) is 0 Å². The molecule has 2 aromatic carbocycles. The van der Waals surface area contributed by atoms with Gasteiger partial charge in [0.25, 0.3) is 0 Å². The van der Waals surface area contributed by atoms with Crippen LogP contribution in [-0.4, -0.2) is 6.61 Å². The highest BCUT2D eigenvalue weighted by Crippen LogP contribution is 2.32. The zero-order chi connectivity index (χ0) is 13.0. The van der Waals surface area contributed by atoms with Crippen molar-refractivity contribution in [3.05, 3.63) is 41.5 Å². The minimum atomic E-state index is 0.324. The van der Waals surface area contributed by atoms with Gasteiger partial charge in [0.05, 0.1) is 12.2 Å². The molecular formula is C15H12N2O. The highest BCUT2D eigenvalue weighted by atomic mass is 16.5. The fourth-order valence-corrected chi connectivity index (χ4v) is 1.87. The van der Waals surface area contributed by atoms with E-state index in [0.717, 1.165) is 17.2 Å². The number of benzene rings is 2. The molecule has 2 rings (SSSR count). The van der Waals surface area contributed by atoms with Gasteiger partial charge in [0.2, 0.25) is 0 Å². The van der Waals surface area contributed by atoms with E-state index < -0.39 is 0 Å². The minimum Gasteiger partial charge on any atom is -0.492 e. The lowest BCUT2D eigenvalue weighted by Gasteiger charge is -2.11. The normalized spacial score (nSPS) is 9.72. The average Bonchev–Trinajstić information content (AvgIpc) is 2.43. The van der Waals surface area contributed by atoms with Crippen molar-refractivity contribution >= 4 is 10.8 Å². The molecule has 0 radical (unpaired) electrons. The summed E-state index contributed by atoms with van der Waals surface area (Å²) >= 11 is 0. The quantitative estimate of drug-likeness (QED) is 0.820. The molecule has 88 valence electrons. The predicted molar refractivity (Wildman–Crippen MR) is 69.2 cm³/mol. The molecule has 0 spiro atoms. The molecule has 3 heteroatoms. The first kappa shape index (κ1) is 12.0. The molecule has 0 bridgehead atoms. The Bertz CT molecular complexity index is 662. The highest BCUT2D eigenvalue weighted by Gasteiger charge is 2.14. The van der Waals surface area contributed by atoms with Gasteiger partial charge in [0, 0.05) is 5.39 Å². The van der Waals surface area contributed by atoms with Crippen LogP contribution in [0.1, 0.15) is 24.5 Å². The fourth-order valence-electron chi connectivity index (χ4n) is 1.87. The maximum Gasteiger partial charge on any atom is 0.146 e. The molecular weight excluding hydrogens is 224 g/mol. The molecule has 0 amide bonds. The van der Waals surface area contributed by atoms with Gasteiger partial charge >= 0.3 is 0 Å². The molecule has 0 fully saturated rings. The average molecular weight is 236 g/mol. The summed E-state index contributed by atoms with van der Waals surface area (Å²) in [7, 11) is 0. The Morgan fingerprint density at radius 1 is 1.17 bits per heavy atom. The summed E-state index contributed by atoms with van der Waals surface area (Å²) in [4.78, 5) is 0. The lowest BCUT2D eigenvalue weighted by Crippen LogP contribution is -2.00. The number of rotatable bonds is 3. The van der Waals surface area contributed by atoms with Crippen LogP contribution in [0.5, 0.6) is 5.75 Å². The topological polar surface area (TPSA) is 56.8 Å². The summed E-state index contributed by atoms with van der Waals surface area (Å²) in [5.74, 6) is 0.522. The van der Waals surface area contributed by atoms with Crippen LogP contribution in [0.2, 0.25) is 0 Å². The Morgan fingerprint density at radius 3 is 2.61 bits per heavy atom.